The van der Waals surface area contributed by atoms with Gasteiger partial charge in [-0.3, -0.25) is 4.79 Å². The summed E-state index contributed by atoms with van der Waals surface area (Å²) in [5.41, 5.74) is 3.39. The molecule has 5 heteroatoms. The number of carbonyl (C=O) groups excluding carboxylic acids is 1. The maximum absolute atomic E-state index is 12.4. The highest BCUT2D eigenvalue weighted by Crippen LogP contribution is 2.21. The molecule has 5 nitrogen and oxygen atoms in total. The van der Waals surface area contributed by atoms with Crippen LogP contribution in [0.1, 0.15) is 18.1 Å². The molecule has 2 N–H and O–H groups in total. The lowest BCUT2D eigenvalue weighted by atomic mass is 10.1. The highest BCUT2D eigenvalue weighted by Gasteiger charge is 2.20. The molecule has 116 valence electrons. The number of hydrogen-bond acceptors (Lipinski definition) is 4. The molecule has 1 saturated heterocycles. The Morgan fingerprint density at radius 2 is 2.18 bits per heavy atom. The van der Waals surface area contributed by atoms with Crippen molar-refractivity contribution in [1.29, 1.82) is 5.26 Å². The normalized spacial score (nSPS) is 15.3. The van der Waals surface area contributed by atoms with Gasteiger partial charge in [0.25, 0.3) is 5.91 Å². The van der Waals surface area contributed by atoms with Gasteiger partial charge < -0.3 is 15.5 Å². The molecule has 0 saturated carbocycles. The lowest BCUT2D eigenvalue weighted by Gasteiger charge is -2.27. The first-order chi connectivity index (χ1) is 10.7. The lowest BCUT2D eigenvalue weighted by molar-refractivity contribution is -0.127. The Morgan fingerprint density at radius 1 is 1.45 bits per heavy atom. The first-order valence-corrected chi connectivity index (χ1v) is 7.62. The van der Waals surface area contributed by atoms with Crippen molar-refractivity contribution in [1.82, 2.24) is 10.2 Å². The summed E-state index contributed by atoms with van der Waals surface area (Å²) in [5.74, 6) is -0.205. The number of aryl methyl sites for hydroxylation is 2. The summed E-state index contributed by atoms with van der Waals surface area (Å²) < 4.78 is 0. The molecule has 0 atom stereocenters. The molecule has 0 bridgehead atoms. The van der Waals surface area contributed by atoms with Gasteiger partial charge in [0.1, 0.15) is 11.6 Å². The molecule has 1 fully saturated rings. The van der Waals surface area contributed by atoms with Crippen molar-refractivity contribution in [3.8, 4) is 6.07 Å². The van der Waals surface area contributed by atoms with Crippen molar-refractivity contribution < 1.29 is 4.79 Å². The average Bonchev–Trinajstić information content (AvgIpc) is 2.57. The minimum Gasteiger partial charge on any atom is -0.360 e. The summed E-state index contributed by atoms with van der Waals surface area (Å²) in [6.45, 7) is 6.93. The summed E-state index contributed by atoms with van der Waals surface area (Å²) in [4.78, 5) is 14.1. The molecule has 1 aliphatic rings. The van der Waals surface area contributed by atoms with E-state index < -0.39 is 0 Å². The summed E-state index contributed by atoms with van der Waals surface area (Å²) in [5, 5.41) is 15.6. The summed E-state index contributed by atoms with van der Waals surface area (Å²) in [7, 11) is 0. The largest absolute Gasteiger partial charge is 0.360 e. The fraction of sp³-hybridized carbons (Fsp3) is 0.412. The third kappa shape index (κ3) is 3.66. The number of benzene rings is 1. The van der Waals surface area contributed by atoms with E-state index in [0.717, 1.165) is 30.8 Å². The number of nitrogens with one attached hydrogen (secondary N) is 2. The zero-order valence-corrected chi connectivity index (χ0v) is 13.1. The number of piperazine rings is 1. The summed E-state index contributed by atoms with van der Waals surface area (Å²) in [6, 6.07) is 8.09. The van der Waals surface area contributed by atoms with Crippen LogP contribution in [0.15, 0.2) is 30.0 Å². The third-order valence-corrected chi connectivity index (χ3v) is 3.86. The molecule has 2 rings (SSSR count). The Hall–Kier alpha value is -2.32. The van der Waals surface area contributed by atoms with Crippen LogP contribution in [0.25, 0.3) is 0 Å². The number of rotatable bonds is 4. The highest BCUT2D eigenvalue weighted by atomic mass is 16.2. The molecule has 1 aromatic carbocycles. The molecule has 1 aromatic rings. The van der Waals surface area contributed by atoms with E-state index in [1.54, 1.807) is 4.90 Å². The van der Waals surface area contributed by atoms with E-state index in [0.29, 0.717) is 13.1 Å². The van der Waals surface area contributed by atoms with E-state index in [9.17, 15) is 10.1 Å². The van der Waals surface area contributed by atoms with E-state index in [2.05, 4.69) is 17.6 Å². The van der Waals surface area contributed by atoms with Crippen LogP contribution in [0.2, 0.25) is 0 Å². The highest BCUT2D eigenvalue weighted by molar-refractivity contribution is 5.97. The quantitative estimate of drug-likeness (QED) is 0.657. The second-order valence-corrected chi connectivity index (χ2v) is 5.32. The average molecular weight is 298 g/mol. The maximum atomic E-state index is 12.4. The molecule has 1 heterocycles. The van der Waals surface area contributed by atoms with E-state index in [4.69, 9.17) is 0 Å². The second kappa shape index (κ2) is 7.62. The van der Waals surface area contributed by atoms with Crippen LogP contribution in [0.5, 0.6) is 0 Å². The minimum absolute atomic E-state index is 0.146. The molecule has 0 aromatic heterocycles. The maximum Gasteiger partial charge on any atom is 0.266 e. The smallest absolute Gasteiger partial charge is 0.266 e. The Labute approximate surface area is 131 Å². The van der Waals surface area contributed by atoms with Gasteiger partial charge in [-0.1, -0.05) is 25.1 Å². The lowest BCUT2D eigenvalue weighted by Crippen LogP contribution is -2.46. The van der Waals surface area contributed by atoms with Gasteiger partial charge in [0.05, 0.1) is 0 Å². The van der Waals surface area contributed by atoms with Crippen molar-refractivity contribution in [3.05, 3.63) is 41.1 Å². The molecule has 0 spiro atoms. The predicted octanol–water partition coefficient (Wildman–Crippen LogP) is 1.81. The van der Waals surface area contributed by atoms with Gasteiger partial charge in [0.15, 0.2) is 0 Å². The van der Waals surface area contributed by atoms with Crippen LogP contribution in [-0.2, 0) is 11.2 Å². The van der Waals surface area contributed by atoms with Crippen molar-refractivity contribution in [2.45, 2.75) is 20.3 Å². The van der Waals surface area contributed by atoms with Gasteiger partial charge in [0, 0.05) is 38.1 Å². The van der Waals surface area contributed by atoms with Crippen LogP contribution in [0.4, 0.5) is 5.69 Å². The van der Waals surface area contributed by atoms with Gasteiger partial charge in [-0.2, -0.15) is 5.26 Å². The van der Waals surface area contributed by atoms with Crippen molar-refractivity contribution in [2.75, 3.05) is 31.5 Å². The SMILES string of the molecule is CCc1cccc(C)c1N/C=C(/C#N)C(=O)N1CCNCC1. The number of carbonyl (C=O) groups is 1. The van der Waals surface area contributed by atoms with E-state index in [-0.39, 0.29) is 11.5 Å². The van der Waals surface area contributed by atoms with Gasteiger partial charge in [-0.15, -0.1) is 0 Å². The van der Waals surface area contributed by atoms with Crippen molar-refractivity contribution in [2.24, 2.45) is 0 Å². The van der Waals surface area contributed by atoms with E-state index in [1.807, 2.05) is 31.2 Å². The zero-order valence-electron chi connectivity index (χ0n) is 13.1. The zero-order chi connectivity index (χ0) is 15.9. The Kier molecular flexibility index (Phi) is 5.56. The fourth-order valence-electron chi connectivity index (χ4n) is 2.55. The number of nitrogens with zero attached hydrogens (tertiary/aromatic N) is 2. The topological polar surface area (TPSA) is 68.2 Å². The van der Waals surface area contributed by atoms with E-state index in [1.165, 1.54) is 11.8 Å². The molecule has 22 heavy (non-hydrogen) atoms. The van der Waals surface area contributed by atoms with Gasteiger partial charge in [0.2, 0.25) is 0 Å². The van der Waals surface area contributed by atoms with Crippen LogP contribution in [0, 0.1) is 18.3 Å². The van der Waals surface area contributed by atoms with Crippen LogP contribution >= 0.6 is 0 Å². The number of hydrogen-bond donors (Lipinski definition) is 2. The number of amides is 1. The van der Waals surface area contributed by atoms with Crippen LogP contribution < -0.4 is 10.6 Å². The Balaban J connectivity index is 2.16. The number of para-hydroxylation sites is 1. The van der Waals surface area contributed by atoms with Crippen LogP contribution in [-0.4, -0.2) is 37.0 Å². The Morgan fingerprint density at radius 3 is 2.82 bits per heavy atom. The fourth-order valence-corrected chi connectivity index (χ4v) is 2.55. The first kappa shape index (κ1) is 16.1. The van der Waals surface area contributed by atoms with Gasteiger partial charge in [-0.25, -0.2) is 0 Å². The van der Waals surface area contributed by atoms with Gasteiger partial charge >= 0.3 is 0 Å². The monoisotopic (exact) mass is 298 g/mol. The Bertz CT molecular complexity index is 610. The molecule has 1 aliphatic heterocycles. The first-order valence-electron chi connectivity index (χ1n) is 7.62. The molecular weight excluding hydrogens is 276 g/mol. The summed E-state index contributed by atoms with van der Waals surface area (Å²) in [6.07, 6.45) is 2.43. The standard InChI is InChI=1S/C17H22N4O/c1-3-14-6-4-5-13(2)16(14)20-12-15(11-18)17(22)21-9-7-19-8-10-21/h4-6,12,19-20H,3,7-10H2,1-2H3/b15-12-. The minimum atomic E-state index is -0.205. The molecule has 1 amide bonds. The number of anilines is 1. The van der Waals surface area contributed by atoms with E-state index >= 15 is 0 Å². The molecule has 0 unspecified atom stereocenters. The second-order valence-electron chi connectivity index (χ2n) is 5.32. The van der Waals surface area contributed by atoms with Crippen molar-refractivity contribution >= 4 is 11.6 Å². The summed E-state index contributed by atoms with van der Waals surface area (Å²) >= 11 is 0. The predicted molar refractivity (Wildman–Crippen MR) is 87.3 cm³/mol. The van der Waals surface area contributed by atoms with Gasteiger partial charge in [-0.05, 0) is 24.5 Å². The molecular formula is C17H22N4O. The molecule has 0 aliphatic carbocycles. The van der Waals surface area contributed by atoms with Crippen molar-refractivity contribution in [3.63, 3.8) is 0 Å². The number of nitriles is 1. The molecule has 0 radical (unpaired) electrons. The van der Waals surface area contributed by atoms with Crippen LogP contribution in [0.3, 0.4) is 0 Å². The third-order valence-electron chi connectivity index (χ3n) is 3.86.